The summed E-state index contributed by atoms with van der Waals surface area (Å²) in [5, 5.41) is 0.777. The molecule has 2 rings (SSSR count). The van der Waals surface area contributed by atoms with Gasteiger partial charge in [-0.3, -0.25) is 0 Å². The van der Waals surface area contributed by atoms with Crippen LogP contribution in [0.2, 0.25) is 0 Å². The monoisotopic (exact) mass is 247 g/mol. The fourth-order valence-corrected chi connectivity index (χ4v) is 2.08. The van der Waals surface area contributed by atoms with Gasteiger partial charge in [0.05, 0.1) is 20.8 Å². The lowest BCUT2D eigenvalue weighted by atomic mass is 10.2. The first-order valence-electron chi connectivity index (χ1n) is 4.91. The zero-order chi connectivity index (χ0) is 12.3. The predicted molar refractivity (Wildman–Crippen MR) is 60.7 cm³/mol. The molecular formula is C11H12F3NS. The van der Waals surface area contributed by atoms with E-state index in [1.54, 1.807) is 6.92 Å². The molecule has 0 radical (unpaired) electrons. The Labute approximate surface area is 95.9 Å². The molecule has 0 aliphatic rings. The molecule has 0 aliphatic carbocycles. The number of aryl methyl sites for hydroxylation is 1. The van der Waals surface area contributed by atoms with Crippen LogP contribution < -0.4 is 0 Å². The largest absolute Gasteiger partial charge is 0.416 e. The lowest BCUT2D eigenvalue weighted by Gasteiger charge is -2.04. The van der Waals surface area contributed by atoms with E-state index in [9.17, 15) is 13.2 Å². The van der Waals surface area contributed by atoms with E-state index >= 15 is 0 Å². The number of benzene rings is 1. The quantitative estimate of drug-likeness (QED) is 0.660. The van der Waals surface area contributed by atoms with Gasteiger partial charge in [-0.1, -0.05) is 13.8 Å². The third-order valence-corrected chi connectivity index (χ3v) is 2.76. The number of fused-ring (bicyclic) bond motifs is 1. The first kappa shape index (κ1) is 13.0. The molecule has 0 saturated carbocycles. The maximum Gasteiger partial charge on any atom is 0.416 e. The average Bonchev–Trinajstić information content (AvgIpc) is 2.58. The maximum absolute atomic E-state index is 12.3. The van der Waals surface area contributed by atoms with Gasteiger partial charge in [-0.05, 0) is 25.1 Å². The van der Waals surface area contributed by atoms with Crippen LogP contribution in [-0.4, -0.2) is 4.98 Å². The number of hydrogen-bond donors (Lipinski definition) is 0. The predicted octanol–water partition coefficient (Wildman–Crippen LogP) is 4.65. The summed E-state index contributed by atoms with van der Waals surface area (Å²) in [6.45, 7) is 5.78. The second kappa shape index (κ2) is 4.82. The van der Waals surface area contributed by atoms with Crippen molar-refractivity contribution in [2.24, 2.45) is 0 Å². The van der Waals surface area contributed by atoms with E-state index in [4.69, 9.17) is 0 Å². The first-order valence-corrected chi connectivity index (χ1v) is 5.73. The molecule has 16 heavy (non-hydrogen) atoms. The Morgan fingerprint density at radius 1 is 1.19 bits per heavy atom. The number of thiazole rings is 1. The van der Waals surface area contributed by atoms with Gasteiger partial charge in [0.15, 0.2) is 0 Å². The lowest BCUT2D eigenvalue weighted by molar-refractivity contribution is -0.137. The highest BCUT2D eigenvalue weighted by atomic mass is 32.1. The third-order valence-electron chi connectivity index (χ3n) is 1.82. The summed E-state index contributed by atoms with van der Waals surface area (Å²) in [7, 11) is 0. The Bertz CT molecular complexity index is 474. The van der Waals surface area contributed by atoms with E-state index in [0.717, 1.165) is 17.1 Å². The van der Waals surface area contributed by atoms with Gasteiger partial charge in [0.25, 0.3) is 0 Å². The van der Waals surface area contributed by atoms with Crippen LogP contribution in [0.1, 0.15) is 24.4 Å². The molecule has 0 bridgehead atoms. The summed E-state index contributed by atoms with van der Waals surface area (Å²) in [5.41, 5.74) is 0.00847. The van der Waals surface area contributed by atoms with Gasteiger partial charge in [-0.2, -0.15) is 13.2 Å². The molecule has 0 atom stereocenters. The summed E-state index contributed by atoms with van der Waals surface area (Å²) in [5.74, 6) is 0. The Morgan fingerprint density at radius 3 is 2.38 bits per heavy atom. The molecule has 2 aromatic rings. The van der Waals surface area contributed by atoms with Crippen molar-refractivity contribution in [3.63, 3.8) is 0 Å². The van der Waals surface area contributed by atoms with Crippen molar-refractivity contribution in [2.45, 2.75) is 26.9 Å². The summed E-state index contributed by atoms with van der Waals surface area (Å²) in [6, 6.07) is 3.60. The highest BCUT2D eigenvalue weighted by Gasteiger charge is 2.30. The lowest BCUT2D eigenvalue weighted by Crippen LogP contribution is -2.03. The molecule has 0 aliphatic heterocycles. The zero-order valence-corrected chi connectivity index (χ0v) is 10.0. The van der Waals surface area contributed by atoms with Crippen LogP contribution in [0, 0.1) is 6.92 Å². The maximum atomic E-state index is 12.3. The van der Waals surface area contributed by atoms with Crippen LogP contribution in [0.15, 0.2) is 18.2 Å². The fourth-order valence-electron chi connectivity index (χ4n) is 1.22. The second-order valence-corrected chi connectivity index (χ2v) is 4.15. The Kier molecular flexibility index (Phi) is 3.91. The van der Waals surface area contributed by atoms with Crippen molar-refractivity contribution in [1.29, 1.82) is 0 Å². The van der Waals surface area contributed by atoms with E-state index < -0.39 is 11.7 Å². The van der Waals surface area contributed by atoms with Crippen LogP contribution in [0.4, 0.5) is 13.2 Å². The zero-order valence-electron chi connectivity index (χ0n) is 9.22. The summed E-state index contributed by atoms with van der Waals surface area (Å²) in [4.78, 5) is 4.09. The van der Waals surface area contributed by atoms with Gasteiger partial charge in [0.1, 0.15) is 0 Å². The van der Waals surface area contributed by atoms with Gasteiger partial charge in [-0.15, -0.1) is 11.3 Å². The van der Waals surface area contributed by atoms with E-state index in [1.165, 1.54) is 17.4 Å². The molecule has 1 aromatic heterocycles. The van der Waals surface area contributed by atoms with E-state index in [2.05, 4.69) is 4.98 Å². The van der Waals surface area contributed by atoms with Crippen LogP contribution in [0.25, 0.3) is 10.2 Å². The van der Waals surface area contributed by atoms with Crippen molar-refractivity contribution >= 4 is 21.6 Å². The number of aromatic nitrogens is 1. The van der Waals surface area contributed by atoms with Crippen molar-refractivity contribution in [2.75, 3.05) is 0 Å². The van der Waals surface area contributed by atoms with Crippen molar-refractivity contribution < 1.29 is 13.2 Å². The molecule has 0 N–H and O–H groups in total. The number of rotatable bonds is 0. The second-order valence-electron chi connectivity index (χ2n) is 2.91. The summed E-state index contributed by atoms with van der Waals surface area (Å²) < 4.78 is 37.5. The molecular weight excluding hydrogens is 235 g/mol. The van der Waals surface area contributed by atoms with Crippen LogP contribution in [0.3, 0.4) is 0 Å². The smallest absolute Gasteiger partial charge is 0.242 e. The molecule has 1 heterocycles. The van der Waals surface area contributed by atoms with E-state index in [0.29, 0.717) is 10.2 Å². The van der Waals surface area contributed by atoms with Gasteiger partial charge in [0, 0.05) is 0 Å². The minimum atomic E-state index is -4.27. The minimum absolute atomic E-state index is 0.581. The molecule has 5 heteroatoms. The van der Waals surface area contributed by atoms with Gasteiger partial charge < -0.3 is 0 Å². The molecule has 1 nitrogen and oxygen atoms in total. The van der Waals surface area contributed by atoms with Crippen LogP contribution >= 0.6 is 11.3 Å². The Balaban J connectivity index is 0.000000606. The minimum Gasteiger partial charge on any atom is -0.242 e. The number of alkyl halides is 3. The SMILES string of the molecule is CC.Cc1nc2ccc(C(F)(F)F)cc2s1. The van der Waals surface area contributed by atoms with Crippen molar-refractivity contribution in [3.05, 3.63) is 28.8 Å². The molecule has 0 amide bonds. The Hall–Kier alpha value is -1.10. The molecule has 0 spiro atoms. The number of hydrogen-bond acceptors (Lipinski definition) is 2. The first-order chi connectivity index (χ1) is 7.47. The number of halogens is 3. The van der Waals surface area contributed by atoms with Crippen LogP contribution in [0.5, 0.6) is 0 Å². The molecule has 0 unspecified atom stereocenters. The average molecular weight is 247 g/mol. The molecule has 88 valence electrons. The van der Waals surface area contributed by atoms with Crippen LogP contribution in [-0.2, 0) is 6.18 Å². The van der Waals surface area contributed by atoms with E-state index in [1.807, 2.05) is 13.8 Å². The summed E-state index contributed by atoms with van der Waals surface area (Å²) >= 11 is 1.27. The normalized spacial score (nSPS) is 11.1. The number of nitrogens with zero attached hydrogens (tertiary/aromatic N) is 1. The molecule has 0 saturated heterocycles. The van der Waals surface area contributed by atoms with Crippen molar-refractivity contribution in [3.8, 4) is 0 Å². The highest BCUT2D eigenvalue weighted by Crippen LogP contribution is 2.32. The summed E-state index contributed by atoms with van der Waals surface area (Å²) in [6.07, 6.45) is -4.27. The third kappa shape index (κ3) is 2.72. The van der Waals surface area contributed by atoms with E-state index in [-0.39, 0.29) is 0 Å². The molecule has 0 fully saturated rings. The molecule has 1 aromatic carbocycles. The van der Waals surface area contributed by atoms with Gasteiger partial charge >= 0.3 is 6.18 Å². The van der Waals surface area contributed by atoms with Gasteiger partial charge in [0.2, 0.25) is 0 Å². The fraction of sp³-hybridized carbons (Fsp3) is 0.364. The standard InChI is InChI=1S/C9H6F3NS.C2H6/c1-5-13-7-3-2-6(9(10,11)12)4-8(7)14-5;1-2/h2-4H,1H3;1-2H3. The Morgan fingerprint density at radius 2 is 1.81 bits per heavy atom. The van der Waals surface area contributed by atoms with Gasteiger partial charge in [-0.25, -0.2) is 4.98 Å². The topological polar surface area (TPSA) is 12.9 Å². The van der Waals surface area contributed by atoms with Crippen molar-refractivity contribution in [1.82, 2.24) is 4.98 Å². The highest BCUT2D eigenvalue weighted by molar-refractivity contribution is 7.18.